The van der Waals surface area contributed by atoms with E-state index in [1.165, 1.54) is 11.6 Å². The molecule has 2 heterocycles. The molecule has 0 aliphatic heterocycles. The molecular weight excluding hydrogens is 238 g/mol. The first-order chi connectivity index (χ1) is 8.69. The minimum absolute atomic E-state index is 0.0663. The highest BCUT2D eigenvalue weighted by Gasteiger charge is 2.26. The summed E-state index contributed by atoms with van der Waals surface area (Å²) in [6.45, 7) is -0.284. The number of carbonyl (C=O) groups excluding carboxylic acids is 2. The molecule has 0 atom stereocenters. The van der Waals surface area contributed by atoms with Gasteiger partial charge in [-0.25, -0.2) is 14.1 Å². The Morgan fingerprint density at radius 2 is 2.17 bits per heavy atom. The van der Waals surface area contributed by atoms with Crippen LogP contribution in [0.25, 0.3) is 5.52 Å². The van der Waals surface area contributed by atoms with Crippen LogP contribution in [0.5, 0.6) is 0 Å². The molecule has 0 spiro atoms. The Kier molecular flexibility index (Phi) is 3.24. The summed E-state index contributed by atoms with van der Waals surface area (Å²) < 4.78 is 10.7. The zero-order valence-corrected chi connectivity index (χ0v) is 9.62. The number of nitrogens with two attached hydrogens (primary N) is 1. The second-order valence-corrected chi connectivity index (χ2v) is 3.34. The van der Waals surface area contributed by atoms with E-state index >= 15 is 0 Å². The lowest BCUT2D eigenvalue weighted by atomic mass is 10.2. The van der Waals surface area contributed by atoms with Crippen molar-refractivity contribution in [3.63, 3.8) is 0 Å². The number of esters is 2. The topological polar surface area (TPSA) is 95.9 Å². The summed E-state index contributed by atoms with van der Waals surface area (Å²) in [7, 11) is 1.23. The van der Waals surface area contributed by atoms with Crippen LogP contribution in [0.4, 0.5) is 0 Å². The lowest BCUT2D eigenvalue weighted by Crippen LogP contribution is -2.16. The maximum absolute atomic E-state index is 11.7. The van der Waals surface area contributed by atoms with Crippen molar-refractivity contribution < 1.29 is 19.1 Å². The lowest BCUT2D eigenvalue weighted by Gasteiger charge is -2.00. The third kappa shape index (κ3) is 1.91. The fourth-order valence-corrected chi connectivity index (χ4v) is 1.59. The van der Waals surface area contributed by atoms with Crippen LogP contribution in [0.15, 0.2) is 24.4 Å². The normalized spacial score (nSPS) is 10.3. The van der Waals surface area contributed by atoms with Gasteiger partial charge in [-0.1, -0.05) is 6.07 Å². The number of hydrogen-bond acceptors (Lipinski definition) is 6. The van der Waals surface area contributed by atoms with Gasteiger partial charge in [0.2, 0.25) is 0 Å². The summed E-state index contributed by atoms with van der Waals surface area (Å²) in [5.74, 6) is -1.42. The molecule has 2 aromatic heterocycles. The molecule has 0 saturated carbocycles. The molecule has 94 valence electrons. The van der Waals surface area contributed by atoms with Gasteiger partial charge in [-0.15, -0.1) is 0 Å². The Balaban J connectivity index is 2.64. The molecular formula is C11H11N3O4. The minimum atomic E-state index is -0.762. The fraction of sp³-hybridized carbons (Fsp3) is 0.182. The summed E-state index contributed by atoms with van der Waals surface area (Å²) in [6.07, 6.45) is 1.61. The van der Waals surface area contributed by atoms with Crippen molar-refractivity contribution in [3.8, 4) is 0 Å². The molecule has 18 heavy (non-hydrogen) atoms. The van der Waals surface area contributed by atoms with E-state index in [-0.39, 0.29) is 18.0 Å². The molecule has 2 rings (SSSR count). The Morgan fingerprint density at radius 3 is 2.83 bits per heavy atom. The molecule has 0 saturated heterocycles. The van der Waals surface area contributed by atoms with Crippen LogP contribution < -0.4 is 5.73 Å². The van der Waals surface area contributed by atoms with Gasteiger partial charge in [0.1, 0.15) is 12.3 Å². The third-order valence-corrected chi connectivity index (χ3v) is 2.34. The highest BCUT2D eigenvalue weighted by Crippen LogP contribution is 2.17. The zero-order valence-electron chi connectivity index (χ0n) is 9.62. The van der Waals surface area contributed by atoms with E-state index in [1.54, 1.807) is 24.4 Å². The number of nitrogens with zero attached hydrogens (tertiary/aromatic N) is 2. The van der Waals surface area contributed by atoms with Crippen molar-refractivity contribution in [2.24, 2.45) is 5.73 Å². The van der Waals surface area contributed by atoms with E-state index in [0.717, 1.165) is 0 Å². The van der Waals surface area contributed by atoms with Crippen molar-refractivity contribution >= 4 is 17.5 Å². The van der Waals surface area contributed by atoms with Crippen molar-refractivity contribution in [1.29, 1.82) is 0 Å². The van der Waals surface area contributed by atoms with Gasteiger partial charge < -0.3 is 9.47 Å². The van der Waals surface area contributed by atoms with Crippen molar-refractivity contribution in [1.82, 2.24) is 9.61 Å². The number of methoxy groups -OCH3 is 1. The van der Waals surface area contributed by atoms with Gasteiger partial charge in [0.25, 0.3) is 0 Å². The van der Waals surface area contributed by atoms with Crippen LogP contribution in [0.3, 0.4) is 0 Å². The first kappa shape index (κ1) is 12.1. The standard InChI is InChI=1S/C11H11N3O4/c1-17-10(15)8-7-4-2-3-5-14(7)13-9(8)11(16)18-6-12/h2-5H,6,12H2,1H3. The van der Waals surface area contributed by atoms with Crippen LogP contribution in [-0.2, 0) is 9.47 Å². The van der Waals surface area contributed by atoms with Gasteiger partial charge >= 0.3 is 11.9 Å². The number of fused-ring (bicyclic) bond motifs is 1. The number of ether oxygens (including phenoxy) is 2. The highest BCUT2D eigenvalue weighted by molar-refractivity contribution is 6.07. The Labute approximate surface area is 102 Å². The van der Waals surface area contributed by atoms with Crippen LogP contribution in [0.1, 0.15) is 20.8 Å². The summed E-state index contributed by atoms with van der Waals surface area (Å²) >= 11 is 0. The van der Waals surface area contributed by atoms with Gasteiger partial charge in [0, 0.05) is 6.20 Å². The number of carbonyl (C=O) groups is 2. The Bertz CT molecular complexity index is 605. The maximum Gasteiger partial charge on any atom is 0.361 e. The monoisotopic (exact) mass is 249 g/mol. The number of pyridine rings is 1. The molecule has 7 heteroatoms. The molecule has 0 bridgehead atoms. The average Bonchev–Trinajstić information content (AvgIpc) is 2.77. The quantitative estimate of drug-likeness (QED) is 0.616. The summed E-state index contributed by atoms with van der Waals surface area (Å²) in [4.78, 5) is 23.4. The number of hydrogen-bond donors (Lipinski definition) is 1. The second-order valence-electron chi connectivity index (χ2n) is 3.34. The summed E-state index contributed by atoms with van der Waals surface area (Å²) in [5, 5.41) is 3.99. The molecule has 2 N–H and O–H groups in total. The average molecular weight is 249 g/mol. The van der Waals surface area contributed by atoms with E-state index in [9.17, 15) is 9.59 Å². The maximum atomic E-state index is 11.7. The van der Waals surface area contributed by atoms with Gasteiger partial charge in [0.15, 0.2) is 5.69 Å². The van der Waals surface area contributed by atoms with Crippen molar-refractivity contribution in [2.75, 3.05) is 13.8 Å². The first-order valence-corrected chi connectivity index (χ1v) is 5.12. The van der Waals surface area contributed by atoms with Gasteiger partial charge in [-0.2, -0.15) is 5.10 Å². The van der Waals surface area contributed by atoms with Crippen LogP contribution in [0.2, 0.25) is 0 Å². The van der Waals surface area contributed by atoms with Crippen molar-refractivity contribution in [3.05, 3.63) is 35.7 Å². The Morgan fingerprint density at radius 1 is 1.39 bits per heavy atom. The predicted octanol–water partition coefficient (Wildman–Crippen LogP) is 0.194. The zero-order chi connectivity index (χ0) is 13.1. The lowest BCUT2D eigenvalue weighted by molar-refractivity contribution is 0.0489. The van der Waals surface area contributed by atoms with Crippen LogP contribution in [-0.4, -0.2) is 35.4 Å². The largest absolute Gasteiger partial charge is 0.465 e. The molecule has 0 aromatic carbocycles. The third-order valence-electron chi connectivity index (χ3n) is 2.34. The molecule has 0 radical (unpaired) electrons. The minimum Gasteiger partial charge on any atom is -0.465 e. The molecule has 0 unspecified atom stereocenters. The molecule has 7 nitrogen and oxygen atoms in total. The summed E-state index contributed by atoms with van der Waals surface area (Å²) in [6, 6.07) is 5.10. The molecule has 0 amide bonds. The van der Waals surface area contributed by atoms with E-state index < -0.39 is 11.9 Å². The van der Waals surface area contributed by atoms with E-state index in [4.69, 9.17) is 5.73 Å². The van der Waals surface area contributed by atoms with Crippen LogP contribution in [0, 0.1) is 0 Å². The van der Waals surface area contributed by atoms with Gasteiger partial charge in [-0.3, -0.25) is 5.73 Å². The SMILES string of the molecule is COC(=O)c1c(C(=O)OCN)nn2ccccc12. The second kappa shape index (κ2) is 4.84. The smallest absolute Gasteiger partial charge is 0.361 e. The molecule has 0 aliphatic carbocycles. The van der Waals surface area contributed by atoms with Crippen LogP contribution >= 0.6 is 0 Å². The van der Waals surface area contributed by atoms with E-state index in [1.807, 2.05) is 0 Å². The molecule has 0 aliphatic rings. The van der Waals surface area contributed by atoms with Gasteiger partial charge in [0.05, 0.1) is 12.6 Å². The predicted molar refractivity (Wildman–Crippen MR) is 61.0 cm³/mol. The fourth-order valence-electron chi connectivity index (χ4n) is 1.59. The number of aromatic nitrogens is 2. The van der Waals surface area contributed by atoms with Gasteiger partial charge in [-0.05, 0) is 12.1 Å². The molecule has 2 aromatic rings. The van der Waals surface area contributed by atoms with E-state index in [2.05, 4.69) is 14.6 Å². The van der Waals surface area contributed by atoms with E-state index in [0.29, 0.717) is 5.52 Å². The first-order valence-electron chi connectivity index (χ1n) is 5.12. The Hall–Kier alpha value is -2.41. The number of rotatable bonds is 3. The highest BCUT2D eigenvalue weighted by atomic mass is 16.5. The van der Waals surface area contributed by atoms with Crippen molar-refractivity contribution in [2.45, 2.75) is 0 Å². The molecule has 0 fully saturated rings. The summed E-state index contributed by atoms with van der Waals surface area (Å²) in [5.41, 5.74) is 5.55.